The van der Waals surface area contributed by atoms with Gasteiger partial charge in [-0.3, -0.25) is 9.47 Å². The molecule has 4 heterocycles. The van der Waals surface area contributed by atoms with Gasteiger partial charge < -0.3 is 10.1 Å². The SMILES string of the molecule is N#Cc1nccc(NC2CCN(Cc3ccc(-c4nc5n(c4-c4ccccc4)COc4cccc(F)c4-5)cc3)CC2)n1. The number of hydrogen-bond donors (Lipinski definition) is 1. The highest BCUT2D eigenvalue weighted by atomic mass is 19.1. The van der Waals surface area contributed by atoms with Crippen LogP contribution in [0.5, 0.6) is 5.75 Å². The number of halogens is 1. The van der Waals surface area contributed by atoms with Gasteiger partial charge in [0.2, 0.25) is 5.82 Å². The third-order valence-corrected chi connectivity index (χ3v) is 7.89. The molecule has 0 amide bonds. The minimum absolute atomic E-state index is 0.179. The molecule has 0 unspecified atom stereocenters. The predicted octanol–water partition coefficient (Wildman–Crippen LogP) is 6.11. The number of benzene rings is 3. The zero-order valence-corrected chi connectivity index (χ0v) is 22.9. The van der Waals surface area contributed by atoms with Crippen LogP contribution in [-0.4, -0.2) is 43.6 Å². The Morgan fingerprint density at radius 3 is 2.52 bits per heavy atom. The van der Waals surface area contributed by atoms with Crippen LogP contribution < -0.4 is 10.1 Å². The molecule has 0 spiro atoms. The second kappa shape index (κ2) is 11.1. The molecule has 5 aromatic rings. The Balaban J connectivity index is 1.10. The topological polar surface area (TPSA) is 91.9 Å². The lowest BCUT2D eigenvalue weighted by Crippen LogP contribution is -2.38. The molecule has 208 valence electrons. The lowest BCUT2D eigenvalue weighted by molar-refractivity contribution is 0.211. The van der Waals surface area contributed by atoms with Crippen molar-refractivity contribution in [1.29, 1.82) is 5.26 Å². The molecule has 2 aliphatic heterocycles. The highest BCUT2D eigenvalue weighted by Gasteiger charge is 2.28. The minimum Gasteiger partial charge on any atom is -0.472 e. The monoisotopic (exact) mass is 557 g/mol. The van der Waals surface area contributed by atoms with E-state index in [0.717, 1.165) is 55.0 Å². The fourth-order valence-corrected chi connectivity index (χ4v) is 5.80. The number of fused-ring (bicyclic) bond motifs is 3. The molecule has 0 saturated carbocycles. The van der Waals surface area contributed by atoms with Gasteiger partial charge in [0.1, 0.15) is 23.5 Å². The number of likely N-dealkylation sites (tertiary alicyclic amines) is 1. The summed E-state index contributed by atoms with van der Waals surface area (Å²) in [6, 6.07) is 27.6. The predicted molar refractivity (Wildman–Crippen MR) is 158 cm³/mol. The van der Waals surface area contributed by atoms with Gasteiger partial charge in [-0.25, -0.2) is 19.3 Å². The maximum absolute atomic E-state index is 15.0. The van der Waals surface area contributed by atoms with Crippen LogP contribution in [0.15, 0.2) is 85.1 Å². The van der Waals surface area contributed by atoms with Crippen molar-refractivity contribution in [2.75, 3.05) is 18.4 Å². The molecule has 42 heavy (non-hydrogen) atoms. The molecule has 3 aromatic carbocycles. The van der Waals surface area contributed by atoms with Crippen molar-refractivity contribution in [3.8, 4) is 45.7 Å². The lowest BCUT2D eigenvalue weighted by atomic mass is 10.0. The van der Waals surface area contributed by atoms with E-state index in [9.17, 15) is 4.39 Å². The van der Waals surface area contributed by atoms with Crippen molar-refractivity contribution in [3.05, 3.63) is 102 Å². The number of piperidine rings is 1. The van der Waals surface area contributed by atoms with Crippen molar-refractivity contribution in [2.24, 2.45) is 0 Å². The number of aromatic nitrogens is 4. The van der Waals surface area contributed by atoms with Gasteiger partial charge in [-0.15, -0.1) is 0 Å². The number of nitrogens with one attached hydrogen (secondary N) is 1. The van der Waals surface area contributed by atoms with Crippen molar-refractivity contribution < 1.29 is 9.13 Å². The smallest absolute Gasteiger partial charge is 0.234 e. The van der Waals surface area contributed by atoms with E-state index in [1.807, 2.05) is 41.0 Å². The average Bonchev–Trinajstić information content (AvgIpc) is 3.43. The van der Waals surface area contributed by atoms with Crippen LogP contribution in [0.1, 0.15) is 24.2 Å². The van der Waals surface area contributed by atoms with Crippen LogP contribution in [0.2, 0.25) is 0 Å². The number of hydrogen-bond acceptors (Lipinski definition) is 7. The molecule has 8 nitrogen and oxygen atoms in total. The molecule has 7 rings (SSSR count). The first kappa shape index (κ1) is 25.9. The van der Waals surface area contributed by atoms with E-state index >= 15 is 0 Å². The first-order valence-electron chi connectivity index (χ1n) is 14.1. The molecule has 2 aromatic heterocycles. The van der Waals surface area contributed by atoms with Crippen LogP contribution in [0.4, 0.5) is 10.2 Å². The molecule has 1 fully saturated rings. The Hall–Kier alpha value is -5.07. The van der Waals surface area contributed by atoms with Gasteiger partial charge >= 0.3 is 0 Å². The average molecular weight is 558 g/mol. The van der Waals surface area contributed by atoms with Crippen LogP contribution in [-0.2, 0) is 13.3 Å². The Morgan fingerprint density at radius 2 is 1.74 bits per heavy atom. The number of nitrogens with zero attached hydrogens (tertiary/aromatic N) is 6. The Labute approximate surface area is 243 Å². The van der Waals surface area contributed by atoms with Gasteiger partial charge in [-0.2, -0.15) is 5.26 Å². The van der Waals surface area contributed by atoms with Gasteiger partial charge in [-0.1, -0.05) is 60.7 Å². The zero-order chi connectivity index (χ0) is 28.5. The van der Waals surface area contributed by atoms with Crippen molar-refractivity contribution in [3.63, 3.8) is 0 Å². The number of anilines is 1. The summed E-state index contributed by atoms with van der Waals surface area (Å²) >= 11 is 0. The molecular formula is C33H28FN7O. The molecule has 0 aliphatic carbocycles. The van der Waals surface area contributed by atoms with Crippen LogP contribution >= 0.6 is 0 Å². The van der Waals surface area contributed by atoms with E-state index in [2.05, 4.69) is 44.5 Å². The maximum atomic E-state index is 15.0. The third-order valence-electron chi connectivity index (χ3n) is 7.89. The minimum atomic E-state index is -0.345. The normalized spacial score (nSPS) is 14.9. The number of rotatable bonds is 6. The highest BCUT2D eigenvalue weighted by Crippen LogP contribution is 2.42. The van der Waals surface area contributed by atoms with Crippen LogP contribution in [0.25, 0.3) is 33.9 Å². The van der Waals surface area contributed by atoms with Crippen LogP contribution in [0, 0.1) is 17.1 Å². The molecule has 0 radical (unpaired) electrons. The van der Waals surface area contributed by atoms with Gasteiger partial charge in [-0.05, 0) is 36.6 Å². The molecular weight excluding hydrogens is 529 g/mol. The summed E-state index contributed by atoms with van der Waals surface area (Å²) in [6.07, 6.45) is 3.59. The third kappa shape index (κ3) is 4.97. The van der Waals surface area contributed by atoms with Gasteiger partial charge in [0.25, 0.3) is 0 Å². The van der Waals surface area contributed by atoms with Crippen molar-refractivity contribution in [1.82, 2.24) is 24.4 Å². The molecule has 0 bridgehead atoms. The number of imidazole rings is 1. The summed E-state index contributed by atoms with van der Waals surface area (Å²) < 4.78 is 22.9. The van der Waals surface area contributed by atoms with Gasteiger partial charge in [0.15, 0.2) is 12.6 Å². The first-order valence-corrected chi connectivity index (χ1v) is 14.1. The molecule has 2 aliphatic rings. The first-order chi connectivity index (χ1) is 20.7. The molecule has 0 atom stereocenters. The van der Waals surface area contributed by atoms with Crippen molar-refractivity contribution in [2.45, 2.75) is 32.2 Å². The molecule has 1 saturated heterocycles. The largest absolute Gasteiger partial charge is 0.472 e. The molecule has 1 N–H and O–H groups in total. The number of ether oxygens (including phenoxy) is 1. The van der Waals surface area contributed by atoms with E-state index in [-0.39, 0.29) is 18.4 Å². The summed E-state index contributed by atoms with van der Waals surface area (Å²) in [7, 11) is 0. The van der Waals surface area contributed by atoms with E-state index in [1.54, 1.807) is 24.4 Å². The van der Waals surface area contributed by atoms with E-state index in [0.29, 0.717) is 29.0 Å². The Kier molecular flexibility index (Phi) is 6.82. The van der Waals surface area contributed by atoms with E-state index in [4.69, 9.17) is 15.0 Å². The molecule has 9 heteroatoms. The lowest BCUT2D eigenvalue weighted by Gasteiger charge is -2.32. The quantitative estimate of drug-likeness (QED) is 0.269. The summed E-state index contributed by atoms with van der Waals surface area (Å²) in [5.74, 6) is 1.62. The standard InChI is InChI=1S/C33H28FN7O/c34-26-7-4-8-27-30(26)33-39-31(32(41(33)21-42-27)24-5-2-1-3-6-24)23-11-9-22(10-12-23)20-40-17-14-25(15-18-40)37-28-13-16-36-29(19-35)38-28/h1-13,16,25H,14-15,17-18,20-21H2,(H,36,37,38). The van der Waals surface area contributed by atoms with E-state index < -0.39 is 0 Å². The summed E-state index contributed by atoms with van der Waals surface area (Å²) in [5, 5.41) is 12.5. The zero-order valence-electron chi connectivity index (χ0n) is 22.9. The Morgan fingerprint density at radius 1 is 0.929 bits per heavy atom. The summed E-state index contributed by atoms with van der Waals surface area (Å²) in [4.78, 5) is 15.6. The van der Waals surface area contributed by atoms with Crippen molar-refractivity contribution >= 4 is 5.82 Å². The maximum Gasteiger partial charge on any atom is 0.234 e. The number of nitriles is 1. The second-order valence-electron chi connectivity index (χ2n) is 10.6. The fraction of sp³-hybridized carbons (Fsp3) is 0.212. The van der Waals surface area contributed by atoms with Crippen LogP contribution in [0.3, 0.4) is 0 Å². The fourth-order valence-electron chi connectivity index (χ4n) is 5.80. The summed E-state index contributed by atoms with van der Waals surface area (Å²) in [5.41, 5.74) is 5.31. The van der Waals surface area contributed by atoms with Gasteiger partial charge in [0, 0.05) is 43.0 Å². The van der Waals surface area contributed by atoms with E-state index in [1.165, 1.54) is 11.6 Å². The Bertz CT molecular complexity index is 1770. The highest BCUT2D eigenvalue weighted by molar-refractivity contribution is 5.83. The van der Waals surface area contributed by atoms with Gasteiger partial charge in [0.05, 0.1) is 17.0 Å². The summed E-state index contributed by atoms with van der Waals surface area (Å²) in [6.45, 7) is 3.05. The second-order valence-corrected chi connectivity index (χ2v) is 10.6.